The normalized spacial score (nSPS) is 9.78. The van der Waals surface area contributed by atoms with Crippen LogP contribution in [0.25, 0.3) is 0 Å². The molecule has 0 atom stereocenters. The molecule has 1 aromatic rings. The van der Waals surface area contributed by atoms with Gasteiger partial charge in [0.05, 0.1) is 6.61 Å². The summed E-state index contributed by atoms with van der Waals surface area (Å²) >= 11 is 0. The zero-order valence-electron chi connectivity index (χ0n) is 14.2. The molecule has 0 aromatic heterocycles. The number of aldehydes is 2. The minimum absolute atomic E-state index is 0.222. The second-order valence-electron chi connectivity index (χ2n) is 5.24. The summed E-state index contributed by atoms with van der Waals surface area (Å²) in [5.41, 5.74) is 1.22. The number of hydrogen-bond donors (Lipinski definition) is 0. The second-order valence-corrected chi connectivity index (χ2v) is 5.24. The molecule has 0 saturated carbocycles. The topological polar surface area (TPSA) is 52.6 Å². The lowest BCUT2D eigenvalue weighted by Crippen LogP contribution is -1.97. The molecule has 0 spiro atoms. The number of benzene rings is 1. The Morgan fingerprint density at radius 1 is 0.870 bits per heavy atom. The lowest BCUT2D eigenvalue weighted by Gasteiger charge is -2.00. The first kappa shape index (κ1) is 21.5. The van der Waals surface area contributed by atoms with E-state index in [2.05, 4.69) is 0 Å². The van der Waals surface area contributed by atoms with Crippen LogP contribution in [-0.2, 0) is 25.7 Å². The molecule has 0 heterocycles. The molecule has 0 bridgehead atoms. The van der Waals surface area contributed by atoms with Crippen molar-refractivity contribution in [3.63, 3.8) is 0 Å². The molecule has 0 unspecified atom stereocenters. The van der Waals surface area contributed by atoms with Crippen molar-refractivity contribution in [1.29, 1.82) is 0 Å². The van der Waals surface area contributed by atoms with E-state index >= 15 is 0 Å². The summed E-state index contributed by atoms with van der Waals surface area (Å²) in [6.07, 6.45) is 9.19. The summed E-state index contributed by atoms with van der Waals surface area (Å²) in [7, 11) is 1.70. The zero-order valence-corrected chi connectivity index (χ0v) is 14.2. The number of rotatable bonds is 13. The van der Waals surface area contributed by atoms with Gasteiger partial charge in [-0.15, -0.1) is 0 Å². The quantitative estimate of drug-likeness (QED) is 0.407. The van der Waals surface area contributed by atoms with Gasteiger partial charge in [-0.25, -0.2) is 0 Å². The predicted octanol–water partition coefficient (Wildman–Crippen LogP) is 3.96. The molecule has 1 aromatic carbocycles. The van der Waals surface area contributed by atoms with E-state index in [1.54, 1.807) is 7.11 Å². The SMILES string of the molecule is COCc1ccccc1.O=CCCCCCCCCOCC=O. The Morgan fingerprint density at radius 3 is 2.13 bits per heavy atom. The van der Waals surface area contributed by atoms with Crippen LogP contribution < -0.4 is 0 Å². The molecule has 4 nitrogen and oxygen atoms in total. The number of unbranched alkanes of at least 4 members (excludes halogenated alkanes) is 6. The van der Waals surface area contributed by atoms with E-state index in [9.17, 15) is 9.59 Å². The summed E-state index contributed by atoms with van der Waals surface area (Å²) in [4.78, 5) is 19.9. The van der Waals surface area contributed by atoms with Crippen LogP contribution in [0.4, 0.5) is 0 Å². The van der Waals surface area contributed by atoms with Gasteiger partial charge in [0.15, 0.2) is 0 Å². The molecule has 1 rings (SSSR count). The molecule has 0 amide bonds. The number of methoxy groups -OCH3 is 1. The van der Waals surface area contributed by atoms with Crippen molar-refractivity contribution in [3.8, 4) is 0 Å². The monoisotopic (exact) mass is 322 g/mol. The average Bonchev–Trinajstić information content (AvgIpc) is 2.58. The fourth-order valence-electron chi connectivity index (χ4n) is 2.01. The highest BCUT2D eigenvalue weighted by Gasteiger charge is 1.91. The number of hydrogen-bond acceptors (Lipinski definition) is 4. The number of ether oxygens (including phenoxy) is 2. The van der Waals surface area contributed by atoms with Gasteiger partial charge >= 0.3 is 0 Å². The van der Waals surface area contributed by atoms with Crippen LogP contribution in [0.15, 0.2) is 30.3 Å². The first-order valence-corrected chi connectivity index (χ1v) is 8.33. The Labute approximate surface area is 140 Å². The standard InChI is InChI=1S/C11H20O3.C8H10O/c12-8-6-4-2-1-3-5-7-10-14-11-9-13;1-9-7-8-5-3-2-4-6-8/h8-9H,1-7,10-11H2;2-6H,7H2,1H3. The highest BCUT2D eigenvalue weighted by atomic mass is 16.5. The van der Waals surface area contributed by atoms with Crippen molar-refractivity contribution in [2.75, 3.05) is 20.3 Å². The molecule has 23 heavy (non-hydrogen) atoms. The summed E-state index contributed by atoms with van der Waals surface area (Å²) in [6, 6.07) is 10.1. The smallest absolute Gasteiger partial charge is 0.145 e. The molecule has 0 saturated heterocycles. The maximum Gasteiger partial charge on any atom is 0.145 e. The molecular formula is C19H30O4. The van der Waals surface area contributed by atoms with Gasteiger partial charge in [-0.3, -0.25) is 0 Å². The van der Waals surface area contributed by atoms with Gasteiger partial charge in [-0.2, -0.15) is 0 Å². The van der Waals surface area contributed by atoms with Crippen molar-refractivity contribution < 1.29 is 19.1 Å². The first-order chi connectivity index (χ1) is 11.3. The third-order valence-corrected chi connectivity index (χ3v) is 3.20. The number of carbonyl (C=O) groups excluding carboxylic acids is 2. The van der Waals surface area contributed by atoms with Gasteiger partial charge in [-0.05, 0) is 18.4 Å². The van der Waals surface area contributed by atoms with Crippen molar-refractivity contribution in [2.24, 2.45) is 0 Å². The Kier molecular flexibility index (Phi) is 17.3. The highest BCUT2D eigenvalue weighted by molar-refractivity contribution is 5.50. The summed E-state index contributed by atoms with van der Waals surface area (Å²) in [5, 5.41) is 0. The van der Waals surface area contributed by atoms with Crippen LogP contribution in [0.5, 0.6) is 0 Å². The van der Waals surface area contributed by atoms with E-state index in [0.29, 0.717) is 19.6 Å². The summed E-state index contributed by atoms with van der Waals surface area (Å²) in [6.45, 7) is 1.62. The first-order valence-electron chi connectivity index (χ1n) is 8.33. The molecule has 0 aliphatic heterocycles. The summed E-state index contributed by atoms with van der Waals surface area (Å²) in [5.74, 6) is 0. The second kappa shape index (κ2) is 18.5. The molecule has 130 valence electrons. The molecule has 0 aliphatic carbocycles. The van der Waals surface area contributed by atoms with E-state index in [0.717, 1.165) is 38.3 Å². The molecule has 0 fully saturated rings. The largest absolute Gasteiger partial charge is 0.380 e. The van der Waals surface area contributed by atoms with E-state index in [-0.39, 0.29) is 6.61 Å². The number of carbonyl (C=O) groups is 2. The maximum absolute atomic E-state index is 10.00. The fourth-order valence-corrected chi connectivity index (χ4v) is 2.01. The van der Waals surface area contributed by atoms with Crippen LogP contribution in [0.3, 0.4) is 0 Å². The maximum atomic E-state index is 10.00. The Bertz CT molecular complexity index is 349. The third kappa shape index (κ3) is 16.7. The Balaban J connectivity index is 0.000000459. The van der Waals surface area contributed by atoms with Gasteiger partial charge in [0.25, 0.3) is 0 Å². The van der Waals surface area contributed by atoms with Crippen LogP contribution in [0.1, 0.15) is 50.5 Å². The van der Waals surface area contributed by atoms with Gasteiger partial charge in [-0.1, -0.05) is 56.0 Å². The van der Waals surface area contributed by atoms with Crippen molar-refractivity contribution >= 4 is 12.6 Å². The minimum Gasteiger partial charge on any atom is -0.380 e. The molecule has 0 N–H and O–H groups in total. The van der Waals surface area contributed by atoms with Crippen molar-refractivity contribution in [3.05, 3.63) is 35.9 Å². The van der Waals surface area contributed by atoms with Gasteiger partial charge in [0, 0.05) is 20.1 Å². The van der Waals surface area contributed by atoms with Crippen LogP contribution in [0, 0.1) is 0 Å². The van der Waals surface area contributed by atoms with Crippen LogP contribution in [0.2, 0.25) is 0 Å². The average molecular weight is 322 g/mol. The Hall–Kier alpha value is -1.52. The van der Waals surface area contributed by atoms with Crippen LogP contribution >= 0.6 is 0 Å². The lowest BCUT2D eigenvalue weighted by molar-refractivity contribution is -0.112. The van der Waals surface area contributed by atoms with E-state index in [1.165, 1.54) is 18.4 Å². The van der Waals surface area contributed by atoms with E-state index < -0.39 is 0 Å². The fraction of sp³-hybridized carbons (Fsp3) is 0.579. The van der Waals surface area contributed by atoms with E-state index in [1.807, 2.05) is 30.3 Å². The minimum atomic E-state index is 0.222. The highest BCUT2D eigenvalue weighted by Crippen LogP contribution is 2.06. The molecule has 0 radical (unpaired) electrons. The van der Waals surface area contributed by atoms with Gasteiger partial charge < -0.3 is 19.1 Å². The molecular weight excluding hydrogens is 292 g/mol. The van der Waals surface area contributed by atoms with Gasteiger partial charge in [0.2, 0.25) is 0 Å². The van der Waals surface area contributed by atoms with E-state index in [4.69, 9.17) is 9.47 Å². The third-order valence-electron chi connectivity index (χ3n) is 3.20. The lowest BCUT2D eigenvalue weighted by atomic mass is 10.1. The van der Waals surface area contributed by atoms with Crippen molar-refractivity contribution in [1.82, 2.24) is 0 Å². The van der Waals surface area contributed by atoms with Gasteiger partial charge in [0.1, 0.15) is 19.2 Å². The van der Waals surface area contributed by atoms with Crippen LogP contribution in [-0.4, -0.2) is 32.9 Å². The predicted molar refractivity (Wildman–Crippen MR) is 92.4 cm³/mol. The molecule has 4 heteroatoms. The summed E-state index contributed by atoms with van der Waals surface area (Å²) < 4.78 is 9.94. The van der Waals surface area contributed by atoms with Crippen molar-refractivity contribution in [2.45, 2.75) is 51.6 Å². The molecule has 0 aliphatic rings. The zero-order chi connectivity index (χ0) is 17.0. The Morgan fingerprint density at radius 2 is 1.52 bits per heavy atom.